The molecule has 0 fully saturated rings. The largest absolute Gasteiger partial charge is 0.0970 e. The van der Waals surface area contributed by atoms with Gasteiger partial charge in [0.15, 0.2) is 0 Å². The molecule has 0 bridgehead atoms. The minimum atomic E-state index is 0.534. The van der Waals surface area contributed by atoms with E-state index in [2.05, 4.69) is 27.8 Å². The first-order valence-electron chi connectivity index (χ1n) is 3.74. The molecular formula is C10H7BrCl2. The van der Waals surface area contributed by atoms with Crippen molar-refractivity contribution in [3.05, 3.63) is 33.8 Å². The molecule has 0 atom stereocenters. The Hall–Kier alpha value is -0.160. The zero-order valence-electron chi connectivity index (χ0n) is 6.78. The van der Waals surface area contributed by atoms with Gasteiger partial charge < -0.3 is 0 Å². The van der Waals surface area contributed by atoms with Crippen molar-refractivity contribution in [2.75, 3.05) is 5.33 Å². The van der Waals surface area contributed by atoms with Crippen molar-refractivity contribution < 1.29 is 0 Å². The third-order valence-electron chi connectivity index (χ3n) is 1.39. The van der Waals surface area contributed by atoms with Gasteiger partial charge in [0.2, 0.25) is 0 Å². The van der Waals surface area contributed by atoms with Gasteiger partial charge in [0.1, 0.15) is 0 Å². The van der Waals surface area contributed by atoms with Gasteiger partial charge in [-0.15, -0.1) is 0 Å². The van der Waals surface area contributed by atoms with E-state index in [0.717, 1.165) is 17.3 Å². The van der Waals surface area contributed by atoms with E-state index in [9.17, 15) is 0 Å². The van der Waals surface area contributed by atoms with Crippen molar-refractivity contribution in [1.82, 2.24) is 0 Å². The van der Waals surface area contributed by atoms with Crippen LogP contribution in [0.4, 0.5) is 0 Å². The van der Waals surface area contributed by atoms with E-state index < -0.39 is 0 Å². The zero-order valence-corrected chi connectivity index (χ0v) is 9.88. The molecule has 13 heavy (non-hydrogen) atoms. The molecule has 0 nitrogen and oxygen atoms in total. The molecule has 0 spiro atoms. The van der Waals surface area contributed by atoms with Crippen LogP contribution >= 0.6 is 39.1 Å². The van der Waals surface area contributed by atoms with Crippen molar-refractivity contribution in [2.24, 2.45) is 0 Å². The second-order valence-electron chi connectivity index (χ2n) is 2.34. The van der Waals surface area contributed by atoms with E-state index in [-0.39, 0.29) is 0 Å². The Labute approximate surface area is 96.4 Å². The summed E-state index contributed by atoms with van der Waals surface area (Å²) in [7, 11) is 0. The van der Waals surface area contributed by atoms with Gasteiger partial charge >= 0.3 is 0 Å². The standard InChI is InChI=1S/C10H7BrCl2/c11-7-2-1-4-8-5-3-6-9(12)10(8)13/h3,5-6H,2,7H2. The summed E-state index contributed by atoms with van der Waals surface area (Å²) >= 11 is 15.0. The van der Waals surface area contributed by atoms with Crippen molar-refractivity contribution in [3.8, 4) is 11.8 Å². The van der Waals surface area contributed by atoms with E-state index in [0.29, 0.717) is 10.0 Å². The highest BCUT2D eigenvalue weighted by atomic mass is 79.9. The van der Waals surface area contributed by atoms with Crippen LogP contribution in [0.5, 0.6) is 0 Å². The number of halogens is 3. The van der Waals surface area contributed by atoms with Gasteiger partial charge in [-0.25, -0.2) is 0 Å². The summed E-state index contributed by atoms with van der Waals surface area (Å²) in [5.74, 6) is 5.94. The molecule has 0 aliphatic heterocycles. The van der Waals surface area contributed by atoms with Crippen LogP contribution in [0.3, 0.4) is 0 Å². The smallest absolute Gasteiger partial charge is 0.0748 e. The Balaban J connectivity index is 2.91. The summed E-state index contributed by atoms with van der Waals surface area (Å²) in [6.07, 6.45) is 0.808. The average molecular weight is 278 g/mol. The predicted octanol–water partition coefficient (Wildman–Crippen LogP) is 4.13. The van der Waals surface area contributed by atoms with Crippen LogP contribution in [0.2, 0.25) is 10.0 Å². The fourth-order valence-electron chi connectivity index (χ4n) is 0.805. The fraction of sp³-hybridized carbons (Fsp3) is 0.200. The highest BCUT2D eigenvalue weighted by Crippen LogP contribution is 2.24. The summed E-state index contributed by atoms with van der Waals surface area (Å²) in [6, 6.07) is 5.45. The molecule has 0 saturated carbocycles. The molecule has 0 radical (unpaired) electrons. The van der Waals surface area contributed by atoms with E-state index in [1.165, 1.54) is 0 Å². The van der Waals surface area contributed by atoms with Crippen LogP contribution in [0.1, 0.15) is 12.0 Å². The summed E-state index contributed by atoms with van der Waals surface area (Å²) in [5.41, 5.74) is 0.787. The van der Waals surface area contributed by atoms with Gasteiger partial charge in [-0.3, -0.25) is 0 Å². The maximum absolute atomic E-state index is 5.93. The molecule has 0 unspecified atom stereocenters. The van der Waals surface area contributed by atoms with Gasteiger partial charge in [0.25, 0.3) is 0 Å². The summed E-state index contributed by atoms with van der Waals surface area (Å²) < 4.78 is 0. The lowest BCUT2D eigenvalue weighted by Gasteiger charge is -1.96. The minimum absolute atomic E-state index is 0.534. The Morgan fingerprint density at radius 1 is 1.31 bits per heavy atom. The normalized spacial score (nSPS) is 9.15. The SMILES string of the molecule is Clc1cccc(C#CCCBr)c1Cl. The Morgan fingerprint density at radius 3 is 2.77 bits per heavy atom. The summed E-state index contributed by atoms with van der Waals surface area (Å²) in [4.78, 5) is 0. The monoisotopic (exact) mass is 276 g/mol. The molecular weight excluding hydrogens is 271 g/mol. The van der Waals surface area contributed by atoms with Crippen LogP contribution < -0.4 is 0 Å². The van der Waals surface area contributed by atoms with E-state index in [1.807, 2.05) is 12.1 Å². The number of hydrogen-bond donors (Lipinski definition) is 0. The molecule has 3 heteroatoms. The Kier molecular flexibility index (Phi) is 4.66. The molecule has 0 aliphatic carbocycles. The lowest BCUT2D eigenvalue weighted by molar-refractivity contribution is 1.32. The van der Waals surface area contributed by atoms with E-state index in [1.54, 1.807) is 6.07 Å². The van der Waals surface area contributed by atoms with Gasteiger partial charge in [-0.1, -0.05) is 57.0 Å². The van der Waals surface area contributed by atoms with Crippen LogP contribution in [0.25, 0.3) is 0 Å². The molecule has 1 aromatic carbocycles. The molecule has 0 heterocycles. The van der Waals surface area contributed by atoms with Gasteiger partial charge in [-0.2, -0.15) is 0 Å². The van der Waals surface area contributed by atoms with Crippen molar-refractivity contribution >= 4 is 39.1 Å². The Morgan fingerprint density at radius 2 is 2.08 bits per heavy atom. The molecule has 0 amide bonds. The van der Waals surface area contributed by atoms with Crippen LogP contribution in [-0.2, 0) is 0 Å². The van der Waals surface area contributed by atoms with Crippen LogP contribution in [-0.4, -0.2) is 5.33 Å². The van der Waals surface area contributed by atoms with Crippen molar-refractivity contribution in [3.63, 3.8) is 0 Å². The first kappa shape index (κ1) is 10.9. The number of benzene rings is 1. The van der Waals surface area contributed by atoms with Gasteiger partial charge in [0, 0.05) is 17.3 Å². The topological polar surface area (TPSA) is 0 Å². The first-order chi connectivity index (χ1) is 6.25. The molecule has 0 N–H and O–H groups in total. The summed E-state index contributed by atoms with van der Waals surface area (Å²) in [6.45, 7) is 0. The molecule has 0 aliphatic rings. The molecule has 68 valence electrons. The number of rotatable bonds is 1. The molecule has 0 aromatic heterocycles. The van der Waals surface area contributed by atoms with Crippen LogP contribution in [0.15, 0.2) is 18.2 Å². The Bertz CT molecular complexity index is 350. The quantitative estimate of drug-likeness (QED) is 0.535. The lowest BCUT2D eigenvalue weighted by atomic mass is 10.2. The van der Waals surface area contributed by atoms with Crippen molar-refractivity contribution in [1.29, 1.82) is 0 Å². The third kappa shape index (κ3) is 3.23. The minimum Gasteiger partial charge on any atom is -0.0970 e. The van der Waals surface area contributed by atoms with Gasteiger partial charge in [-0.05, 0) is 12.1 Å². The summed E-state index contributed by atoms with van der Waals surface area (Å²) in [5, 5.41) is 1.96. The van der Waals surface area contributed by atoms with Gasteiger partial charge in [0.05, 0.1) is 10.0 Å². The fourth-order valence-corrected chi connectivity index (χ4v) is 1.35. The van der Waals surface area contributed by atoms with E-state index >= 15 is 0 Å². The second kappa shape index (κ2) is 5.54. The number of alkyl halides is 1. The molecule has 0 saturated heterocycles. The van der Waals surface area contributed by atoms with E-state index in [4.69, 9.17) is 23.2 Å². The third-order valence-corrected chi connectivity index (χ3v) is 2.61. The molecule has 1 rings (SSSR count). The molecule has 1 aromatic rings. The first-order valence-corrected chi connectivity index (χ1v) is 5.62. The average Bonchev–Trinajstić information content (AvgIpc) is 2.13. The zero-order chi connectivity index (χ0) is 9.68. The van der Waals surface area contributed by atoms with Crippen molar-refractivity contribution in [2.45, 2.75) is 6.42 Å². The highest BCUT2D eigenvalue weighted by Gasteiger charge is 1.99. The van der Waals surface area contributed by atoms with Crippen LogP contribution in [0, 0.1) is 11.8 Å². The maximum atomic E-state index is 5.93. The second-order valence-corrected chi connectivity index (χ2v) is 3.92. The maximum Gasteiger partial charge on any atom is 0.0748 e. The number of hydrogen-bond acceptors (Lipinski definition) is 0. The predicted molar refractivity (Wildman–Crippen MR) is 61.8 cm³/mol. The lowest BCUT2D eigenvalue weighted by Crippen LogP contribution is -1.77. The highest BCUT2D eigenvalue weighted by molar-refractivity contribution is 9.09.